The fraction of sp³-hybridized carbons (Fsp3) is 0.154. The Hall–Kier alpha value is -2.11. The molecular weight excluding hydrogens is 327 g/mol. The first-order valence-electron chi connectivity index (χ1n) is 5.47. The van der Waals surface area contributed by atoms with Crippen molar-refractivity contribution in [2.24, 2.45) is 0 Å². The molecule has 0 saturated carbocycles. The van der Waals surface area contributed by atoms with E-state index in [1.807, 2.05) is 0 Å². The Balaban J connectivity index is 0.000000200. The van der Waals surface area contributed by atoms with Crippen LogP contribution in [0.4, 0.5) is 0 Å². The molecule has 20 heavy (non-hydrogen) atoms. The molecule has 1 aromatic carbocycles. The third-order valence-electron chi connectivity index (χ3n) is 2.15. The van der Waals surface area contributed by atoms with Crippen molar-refractivity contribution in [1.29, 1.82) is 0 Å². The summed E-state index contributed by atoms with van der Waals surface area (Å²) >= 11 is 2.67. The molecule has 6 nitrogen and oxygen atoms in total. The molecule has 0 saturated heterocycles. The summed E-state index contributed by atoms with van der Waals surface area (Å²) in [7, 11) is 3.09. The Morgan fingerprint density at radius 2 is 1.70 bits per heavy atom. The summed E-state index contributed by atoms with van der Waals surface area (Å²) in [5.74, 6) is 0.119. The molecule has 0 amide bonds. The van der Waals surface area contributed by atoms with Gasteiger partial charge in [0, 0.05) is 0 Å². The van der Waals surface area contributed by atoms with Crippen LogP contribution in [0.1, 0.15) is 10.4 Å². The molecule has 7 heteroatoms. The van der Waals surface area contributed by atoms with E-state index in [1.54, 1.807) is 44.6 Å². The normalized spacial score (nSPS) is 9.10. The molecule has 1 heterocycles. The number of hydrogen-bond acceptors (Lipinski definition) is 5. The second-order valence-corrected chi connectivity index (χ2v) is 4.33. The summed E-state index contributed by atoms with van der Waals surface area (Å²) < 4.78 is 10.3. The Bertz CT molecular complexity index is 559. The molecule has 1 radical (unpaired) electrons. The van der Waals surface area contributed by atoms with Crippen LogP contribution in [0.15, 0.2) is 36.7 Å². The van der Waals surface area contributed by atoms with E-state index >= 15 is 0 Å². The first-order chi connectivity index (χ1) is 9.58. The Kier molecular flexibility index (Phi) is 6.49. The first kappa shape index (κ1) is 15.9. The van der Waals surface area contributed by atoms with E-state index in [2.05, 4.69) is 26.0 Å². The summed E-state index contributed by atoms with van der Waals surface area (Å²) in [4.78, 5) is 18.0. The van der Waals surface area contributed by atoms with Gasteiger partial charge in [-0.05, 0) is 0 Å². The van der Waals surface area contributed by atoms with Crippen LogP contribution in [0.5, 0.6) is 11.8 Å². The second-order valence-electron chi connectivity index (χ2n) is 3.40. The van der Waals surface area contributed by atoms with Crippen molar-refractivity contribution in [2.75, 3.05) is 14.2 Å². The second kappa shape index (κ2) is 8.14. The van der Waals surface area contributed by atoms with Gasteiger partial charge in [-0.25, -0.2) is 9.97 Å². The minimum atomic E-state index is -0.894. The van der Waals surface area contributed by atoms with Crippen LogP contribution in [0, 0.1) is 0 Å². The van der Waals surface area contributed by atoms with E-state index in [4.69, 9.17) is 14.6 Å². The number of aromatic carboxylic acids is 1. The van der Waals surface area contributed by atoms with Gasteiger partial charge in [-0.15, -0.1) is 0 Å². The van der Waals surface area contributed by atoms with Crippen molar-refractivity contribution in [3.05, 3.63) is 42.2 Å². The zero-order chi connectivity index (χ0) is 15.0. The molecule has 0 fully saturated rings. The average molecular weight is 340 g/mol. The predicted molar refractivity (Wildman–Crippen MR) is 73.9 cm³/mol. The molecule has 105 valence electrons. The molecule has 1 aromatic heterocycles. The van der Waals surface area contributed by atoms with Crippen molar-refractivity contribution in [3.63, 3.8) is 0 Å². The number of carbonyl (C=O) groups is 1. The number of carboxylic acid groups (broad SMARTS) is 1. The molecule has 0 aliphatic carbocycles. The predicted octanol–water partition coefficient (Wildman–Crippen LogP) is 0.672. The Labute approximate surface area is 124 Å². The van der Waals surface area contributed by atoms with Crippen LogP contribution in [0.2, 0.25) is 0 Å². The molecule has 0 aliphatic rings. The molecule has 0 unspecified atom stereocenters. The Morgan fingerprint density at radius 3 is 2.10 bits per heavy atom. The van der Waals surface area contributed by atoms with Gasteiger partial charge < -0.3 is 9.47 Å². The molecule has 0 spiro atoms. The molecule has 2 rings (SSSR count). The van der Waals surface area contributed by atoms with Crippen molar-refractivity contribution in [3.8, 4) is 11.8 Å². The van der Waals surface area contributed by atoms with Crippen molar-refractivity contribution in [1.82, 2.24) is 9.97 Å². The number of nitrogens with zero attached hydrogens (tertiary/aromatic N) is 2. The quantitative estimate of drug-likeness (QED) is 0.828. The van der Waals surface area contributed by atoms with Crippen molar-refractivity contribution in [2.45, 2.75) is 0 Å². The third-order valence-corrected chi connectivity index (χ3v) is 2.90. The number of hydrogen-bond donors (Lipinski definition) is 1. The fourth-order valence-electron chi connectivity index (χ4n) is 1.19. The number of methoxy groups -OCH3 is 2. The van der Waals surface area contributed by atoms with E-state index in [1.165, 1.54) is 6.33 Å². The number of ether oxygens (including phenoxy) is 2. The maximum atomic E-state index is 10.4. The molecule has 0 aliphatic heterocycles. The van der Waals surface area contributed by atoms with Crippen molar-refractivity contribution >= 4 is 26.4 Å². The van der Waals surface area contributed by atoms with Gasteiger partial charge in [-0.1, -0.05) is 0 Å². The van der Waals surface area contributed by atoms with Crippen LogP contribution in [-0.2, 0) is 0 Å². The molecule has 1 N–H and O–H groups in total. The van der Waals surface area contributed by atoms with Gasteiger partial charge >= 0.3 is 66.2 Å². The zero-order valence-electron chi connectivity index (χ0n) is 10.9. The van der Waals surface area contributed by atoms with E-state index in [0.29, 0.717) is 21.8 Å². The van der Waals surface area contributed by atoms with Gasteiger partial charge in [0.05, 0.1) is 20.3 Å². The maximum absolute atomic E-state index is 10.4. The summed E-state index contributed by atoms with van der Waals surface area (Å²) in [6, 6.07) is 8.39. The van der Waals surface area contributed by atoms with E-state index in [9.17, 15) is 4.79 Å². The first-order valence-corrected chi connectivity index (χ1v) is 6.33. The van der Waals surface area contributed by atoms with Gasteiger partial charge in [0.15, 0.2) is 0 Å². The standard InChI is InChI=1S/C7H5O2Se.C6H8N2O2/c8-7(9)5-3-1-2-4-6(5)10;1-9-5-3-6(10-2)8-4-7-5/h1-4H,(H,8,9);3-4H,1-2H3. The van der Waals surface area contributed by atoms with Crippen LogP contribution in [-0.4, -0.2) is 51.3 Å². The molecular formula is C13H13N2O4Se. The topological polar surface area (TPSA) is 81.5 Å². The fourth-order valence-corrected chi connectivity index (χ4v) is 1.68. The number of benzene rings is 1. The third kappa shape index (κ3) is 4.87. The van der Waals surface area contributed by atoms with E-state index in [-0.39, 0.29) is 0 Å². The van der Waals surface area contributed by atoms with E-state index in [0.717, 1.165) is 0 Å². The van der Waals surface area contributed by atoms with Crippen molar-refractivity contribution < 1.29 is 19.4 Å². The van der Waals surface area contributed by atoms with Gasteiger partial charge in [-0.2, -0.15) is 0 Å². The van der Waals surface area contributed by atoms with Gasteiger partial charge in [-0.3, -0.25) is 0 Å². The number of aromatic nitrogens is 2. The Morgan fingerprint density at radius 1 is 1.15 bits per heavy atom. The van der Waals surface area contributed by atoms with Crippen LogP contribution >= 0.6 is 0 Å². The van der Waals surface area contributed by atoms with Gasteiger partial charge in [0.25, 0.3) is 0 Å². The minimum absolute atomic E-state index is 0.322. The van der Waals surface area contributed by atoms with Crippen LogP contribution in [0.25, 0.3) is 0 Å². The SMILES string of the molecule is COc1cc(OC)ncn1.O=C(O)c1ccccc1[Se]. The average Bonchev–Trinajstić information content (AvgIpc) is 2.48. The number of carboxylic acids is 1. The molecule has 0 bridgehead atoms. The number of rotatable bonds is 3. The van der Waals surface area contributed by atoms with Gasteiger partial charge in [0.2, 0.25) is 11.8 Å². The summed E-state index contributed by atoms with van der Waals surface area (Å²) in [6.45, 7) is 0. The van der Waals surface area contributed by atoms with E-state index < -0.39 is 5.97 Å². The van der Waals surface area contributed by atoms with Gasteiger partial charge in [0.1, 0.15) is 6.33 Å². The monoisotopic (exact) mass is 341 g/mol. The van der Waals surface area contributed by atoms with Crippen LogP contribution in [0.3, 0.4) is 0 Å². The summed E-state index contributed by atoms with van der Waals surface area (Å²) in [6.07, 6.45) is 1.39. The molecule has 0 atom stereocenters. The van der Waals surface area contributed by atoms with Crippen LogP contribution < -0.4 is 13.9 Å². The summed E-state index contributed by atoms with van der Waals surface area (Å²) in [5.41, 5.74) is 0.322. The zero-order valence-corrected chi connectivity index (χ0v) is 12.7. The molecule has 2 aromatic rings. The summed E-state index contributed by atoms with van der Waals surface area (Å²) in [5, 5.41) is 8.55.